The average Bonchev–Trinajstić information content (AvgIpc) is 2.28. The first-order valence-corrected chi connectivity index (χ1v) is 4.50. The van der Waals surface area contributed by atoms with Gasteiger partial charge in [-0.15, -0.1) is 0 Å². The van der Waals surface area contributed by atoms with Crippen LogP contribution in [0.15, 0.2) is 59.8 Å². The van der Waals surface area contributed by atoms with Gasteiger partial charge < -0.3 is 0 Å². The molecule has 0 atom stereocenters. The fourth-order valence-electron chi connectivity index (χ4n) is 1.19. The van der Waals surface area contributed by atoms with Crippen LogP contribution in [-0.2, 0) is 0 Å². The second-order valence-electron chi connectivity index (χ2n) is 3.49. The Kier molecular flexibility index (Phi) is 3.07. The molecule has 0 fully saturated rings. The SMILES string of the molecule is C=C(C)C(=C)C1=CCC(C)=CC=C1. The standard InChI is InChI=1S/C13H16/c1-10(2)12(4)13-7-5-6-11(3)8-9-13/h5-7,9H,1,4,8H2,2-3H3. The molecule has 0 radical (unpaired) electrons. The minimum absolute atomic E-state index is 1.01. The van der Waals surface area contributed by atoms with Crippen molar-refractivity contribution in [2.45, 2.75) is 20.3 Å². The van der Waals surface area contributed by atoms with Gasteiger partial charge in [0.25, 0.3) is 0 Å². The van der Waals surface area contributed by atoms with Crippen LogP contribution in [0.1, 0.15) is 20.3 Å². The van der Waals surface area contributed by atoms with Gasteiger partial charge in [-0.05, 0) is 31.4 Å². The third-order valence-electron chi connectivity index (χ3n) is 2.16. The number of hydrogen-bond donors (Lipinski definition) is 0. The van der Waals surface area contributed by atoms with Crippen LogP contribution in [0.3, 0.4) is 0 Å². The maximum absolute atomic E-state index is 4.00. The normalized spacial score (nSPS) is 15.8. The maximum Gasteiger partial charge on any atom is -0.0129 e. The Morgan fingerprint density at radius 1 is 1.38 bits per heavy atom. The molecule has 1 aliphatic rings. The summed E-state index contributed by atoms with van der Waals surface area (Å²) in [7, 11) is 0. The lowest BCUT2D eigenvalue weighted by atomic mass is 10.0. The van der Waals surface area contributed by atoms with E-state index >= 15 is 0 Å². The van der Waals surface area contributed by atoms with E-state index in [1.807, 2.05) is 6.92 Å². The topological polar surface area (TPSA) is 0 Å². The number of allylic oxidation sites excluding steroid dienone is 8. The van der Waals surface area contributed by atoms with Gasteiger partial charge in [-0.1, -0.05) is 48.6 Å². The van der Waals surface area contributed by atoms with Crippen molar-refractivity contribution in [1.29, 1.82) is 0 Å². The molecule has 0 bridgehead atoms. The van der Waals surface area contributed by atoms with Crippen LogP contribution < -0.4 is 0 Å². The molecule has 0 nitrogen and oxygen atoms in total. The van der Waals surface area contributed by atoms with Gasteiger partial charge in [0.2, 0.25) is 0 Å². The van der Waals surface area contributed by atoms with Crippen LogP contribution in [0.5, 0.6) is 0 Å². The van der Waals surface area contributed by atoms with Crippen LogP contribution in [0.25, 0.3) is 0 Å². The number of hydrogen-bond acceptors (Lipinski definition) is 0. The van der Waals surface area contributed by atoms with Crippen molar-refractivity contribution >= 4 is 0 Å². The smallest absolute Gasteiger partial charge is 0.0129 e. The summed E-state index contributed by atoms with van der Waals surface area (Å²) < 4.78 is 0. The van der Waals surface area contributed by atoms with Gasteiger partial charge in [0.15, 0.2) is 0 Å². The first kappa shape index (κ1) is 9.79. The highest BCUT2D eigenvalue weighted by Gasteiger charge is 2.01. The van der Waals surface area contributed by atoms with Crippen LogP contribution >= 0.6 is 0 Å². The van der Waals surface area contributed by atoms with E-state index in [2.05, 4.69) is 44.4 Å². The van der Waals surface area contributed by atoms with E-state index in [1.165, 1.54) is 11.1 Å². The van der Waals surface area contributed by atoms with Crippen molar-refractivity contribution in [2.24, 2.45) is 0 Å². The lowest BCUT2D eigenvalue weighted by molar-refractivity contribution is 1.20. The molecule has 0 heterocycles. The molecule has 0 aromatic heterocycles. The van der Waals surface area contributed by atoms with Crippen molar-refractivity contribution in [3.8, 4) is 0 Å². The Bertz CT molecular complexity index is 322. The predicted octanol–water partition coefficient (Wildman–Crippen LogP) is 3.95. The second kappa shape index (κ2) is 4.08. The molecule has 0 saturated carbocycles. The molecule has 13 heavy (non-hydrogen) atoms. The summed E-state index contributed by atoms with van der Waals surface area (Å²) in [6.45, 7) is 12.0. The van der Waals surface area contributed by atoms with Crippen LogP contribution in [-0.4, -0.2) is 0 Å². The zero-order valence-electron chi connectivity index (χ0n) is 8.43. The molecule has 0 aliphatic heterocycles. The molecule has 0 aromatic carbocycles. The van der Waals surface area contributed by atoms with Gasteiger partial charge in [0, 0.05) is 0 Å². The molecule has 0 N–H and O–H groups in total. The first-order valence-electron chi connectivity index (χ1n) is 4.50. The molecule has 0 aromatic rings. The fraction of sp³-hybridized carbons (Fsp3) is 0.231. The molecule has 0 amide bonds. The molecule has 68 valence electrons. The molecule has 0 unspecified atom stereocenters. The van der Waals surface area contributed by atoms with E-state index in [4.69, 9.17) is 0 Å². The van der Waals surface area contributed by atoms with E-state index in [-0.39, 0.29) is 0 Å². The third kappa shape index (κ3) is 2.59. The lowest BCUT2D eigenvalue weighted by Crippen LogP contribution is -1.85. The molecule has 0 saturated heterocycles. The van der Waals surface area contributed by atoms with Crippen LogP contribution in [0, 0.1) is 0 Å². The van der Waals surface area contributed by atoms with E-state index in [0.29, 0.717) is 0 Å². The number of rotatable bonds is 2. The Morgan fingerprint density at radius 3 is 2.69 bits per heavy atom. The summed E-state index contributed by atoms with van der Waals surface area (Å²) in [5, 5.41) is 0. The van der Waals surface area contributed by atoms with Crippen LogP contribution in [0.4, 0.5) is 0 Å². The Hall–Kier alpha value is -1.30. The van der Waals surface area contributed by atoms with Gasteiger partial charge in [-0.25, -0.2) is 0 Å². The lowest BCUT2D eigenvalue weighted by Gasteiger charge is -2.04. The van der Waals surface area contributed by atoms with Gasteiger partial charge in [-0.3, -0.25) is 0 Å². The largest absolute Gasteiger partial charge is 0.0955 e. The van der Waals surface area contributed by atoms with Crippen molar-refractivity contribution in [3.05, 3.63) is 59.8 Å². The minimum atomic E-state index is 1.01. The minimum Gasteiger partial charge on any atom is -0.0955 e. The van der Waals surface area contributed by atoms with Gasteiger partial charge in [0.05, 0.1) is 0 Å². The van der Waals surface area contributed by atoms with Crippen molar-refractivity contribution < 1.29 is 0 Å². The van der Waals surface area contributed by atoms with Crippen molar-refractivity contribution in [2.75, 3.05) is 0 Å². The zero-order valence-corrected chi connectivity index (χ0v) is 8.43. The van der Waals surface area contributed by atoms with E-state index < -0.39 is 0 Å². The molecular weight excluding hydrogens is 156 g/mol. The molecule has 1 rings (SSSR count). The zero-order chi connectivity index (χ0) is 9.84. The quantitative estimate of drug-likeness (QED) is 0.553. The molecule has 0 heteroatoms. The van der Waals surface area contributed by atoms with Gasteiger partial charge in [0.1, 0.15) is 0 Å². The predicted molar refractivity (Wildman–Crippen MR) is 59.6 cm³/mol. The summed E-state index contributed by atoms with van der Waals surface area (Å²) in [6.07, 6.45) is 9.51. The monoisotopic (exact) mass is 172 g/mol. The summed E-state index contributed by atoms with van der Waals surface area (Å²) in [4.78, 5) is 0. The van der Waals surface area contributed by atoms with Crippen molar-refractivity contribution in [1.82, 2.24) is 0 Å². The molecule has 1 aliphatic carbocycles. The van der Waals surface area contributed by atoms with Crippen LogP contribution in [0.2, 0.25) is 0 Å². The molecule has 0 spiro atoms. The average molecular weight is 172 g/mol. The summed E-state index contributed by atoms with van der Waals surface area (Å²) in [5.74, 6) is 0. The Balaban J connectivity index is 2.85. The fourth-order valence-corrected chi connectivity index (χ4v) is 1.19. The molecular formula is C13H16. The highest BCUT2D eigenvalue weighted by atomic mass is 14.1. The summed E-state index contributed by atoms with van der Waals surface area (Å²) in [6, 6.07) is 0. The second-order valence-corrected chi connectivity index (χ2v) is 3.49. The first-order chi connectivity index (χ1) is 6.11. The highest BCUT2D eigenvalue weighted by Crippen LogP contribution is 2.20. The Labute approximate surface area is 80.7 Å². The highest BCUT2D eigenvalue weighted by molar-refractivity contribution is 5.50. The maximum atomic E-state index is 4.00. The van der Waals surface area contributed by atoms with Crippen molar-refractivity contribution in [3.63, 3.8) is 0 Å². The van der Waals surface area contributed by atoms with Gasteiger partial charge in [-0.2, -0.15) is 0 Å². The van der Waals surface area contributed by atoms with E-state index in [0.717, 1.165) is 17.6 Å². The third-order valence-corrected chi connectivity index (χ3v) is 2.16. The van der Waals surface area contributed by atoms with E-state index in [9.17, 15) is 0 Å². The summed E-state index contributed by atoms with van der Waals surface area (Å²) >= 11 is 0. The summed E-state index contributed by atoms with van der Waals surface area (Å²) in [5.41, 5.74) is 4.65. The Morgan fingerprint density at radius 2 is 2.08 bits per heavy atom. The van der Waals surface area contributed by atoms with E-state index in [1.54, 1.807) is 0 Å². The van der Waals surface area contributed by atoms with Gasteiger partial charge >= 0.3 is 0 Å².